The molecule has 0 bridgehead atoms. The van der Waals surface area contributed by atoms with Gasteiger partial charge in [-0.2, -0.15) is 0 Å². The number of benzene rings is 1. The number of carbonyl (C=O) groups excluding carboxylic acids is 2. The van der Waals surface area contributed by atoms with Crippen molar-refractivity contribution in [2.45, 2.75) is 72.6 Å². The topological polar surface area (TPSA) is 118 Å². The molecule has 9 nitrogen and oxygen atoms in total. The lowest BCUT2D eigenvalue weighted by atomic mass is 9.91. The van der Waals surface area contributed by atoms with E-state index in [0.717, 1.165) is 33.1 Å². The number of β-amino-alcohol motifs (C(OH)–C–C–N with tert-alkyl or cyclic N) is 1. The highest BCUT2D eigenvalue weighted by molar-refractivity contribution is 7.13. The SMILES string of the molecule is Cc1cc(C(C(=O)N2CCC(O)C2)C(C)C)on1.Cc1ncsc1-c1ccc(CNC=O)c(OC(C)C)c1. The quantitative estimate of drug-likeness (QED) is 0.383. The summed E-state index contributed by atoms with van der Waals surface area (Å²) in [5, 5.41) is 16.0. The monoisotopic (exact) mass is 542 g/mol. The van der Waals surface area contributed by atoms with Crippen LogP contribution in [0.15, 0.2) is 34.3 Å². The lowest BCUT2D eigenvalue weighted by Gasteiger charge is -2.23. The van der Waals surface area contributed by atoms with E-state index in [-0.39, 0.29) is 23.8 Å². The number of aromatic nitrogens is 2. The van der Waals surface area contributed by atoms with E-state index in [1.165, 1.54) is 0 Å². The van der Waals surface area contributed by atoms with Gasteiger partial charge in [0, 0.05) is 31.3 Å². The Labute approximate surface area is 228 Å². The number of amides is 2. The van der Waals surface area contributed by atoms with Crippen molar-refractivity contribution in [3.05, 3.63) is 52.5 Å². The summed E-state index contributed by atoms with van der Waals surface area (Å²) in [6.07, 6.45) is 1.05. The zero-order chi connectivity index (χ0) is 27.8. The Hall–Kier alpha value is -3.24. The highest BCUT2D eigenvalue weighted by atomic mass is 32.1. The van der Waals surface area contributed by atoms with Crippen molar-refractivity contribution in [1.82, 2.24) is 20.4 Å². The van der Waals surface area contributed by atoms with Gasteiger partial charge in [0.05, 0.1) is 34.0 Å². The molecule has 3 heterocycles. The van der Waals surface area contributed by atoms with Crippen molar-refractivity contribution in [2.24, 2.45) is 5.92 Å². The van der Waals surface area contributed by atoms with Gasteiger partial charge in [-0.15, -0.1) is 11.3 Å². The van der Waals surface area contributed by atoms with Gasteiger partial charge < -0.3 is 24.6 Å². The van der Waals surface area contributed by atoms with Gasteiger partial charge in [-0.3, -0.25) is 9.59 Å². The Bertz CT molecular complexity index is 1210. The van der Waals surface area contributed by atoms with Gasteiger partial charge in [-0.05, 0) is 51.7 Å². The largest absolute Gasteiger partial charge is 0.491 e. The van der Waals surface area contributed by atoms with Gasteiger partial charge in [-0.25, -0.2) is 4.98 Å². The summed E-state index contributed by atoms with van der Waals surface area (Å²) in [5.74, 6) is 1.28. The summed E-state index contributed by atoms with van der Waals surface area (Å²) in [6.45, 7) is 13.3. The van der Waals surface area contributed by atoms with Crippen LogP contribution in [0.25, 0.3) is 10.4 Å². The number of thiazole rings is 1. The molecule has 38 heavy (non-hydrogen) atoms. The molecule has 0 spiro atoms. The average Bonchev–Trinajstić information content (AvgIpc) is 3.60. The lowest BCUT2D eigenvalue weighted by Crippen LogP contribution is -2.35. The minimum absolute atomic E-state index is 0.0256. The Kier molecular flexibility index (Phi) is 10.4. The van der Waals surface area contributed by atoms with E-state index in [1.54, 1.807) is 16.2 Å². The number of nitrogens with one attached hydrogen (secondary N) is 1. The van der Waals surface area contributed by atoms with Crippen LogP contribution in [0.5, 0.6) is 5.75 Å². The fourth-order valence-electron chi connectivity index (χ4n) is 4.34. The molecule has 3 aromatic rings. The van der Waals surface area contributed by atoms with Crippen molar-refractivity contribution in [2.75, 3.05) is 13.1 Å². The van der Waals surface area contributed by atoms with Crippen molar-refractivity contribution < 1.29 is 24.0 Å². The number of ether oxygens (including phenoxy) is 1. The highest BCUT2D eigenvalue weighted by Crippen LogP contribution is 2.32. The second-order valence-corrected chi connectivity index (χ2v) is 10.9. The number of aliphatic hydroxyl groups excluding tert-OH is 1. The van der Waals surface area contributed by atoms with E-state index >= 15 is 0 Å². The third-order valence-electron chi connectivity index (χ3n) is 6.17. The van der Waals surface area contributed by atoms with Crippen molar-refractivity contribution in [3.63, 3.8) is 0 Å². The molecule has 206 valence electrons. The van der Waals surface area contributed by atoms with E-state index in [0.29, 0.717) is 38.2 Å². The minimum Gasteiger partial charge on any atom is -0.491 e. The first-order valence-corrected chi connectivity index (χ1v) is 13.8. The maximum Gasteiger partial charge on any atom is 0.233 e. The molecule has 2 atom stereocenters. The molecule has 1 aliphatic rings. The number of nitrogens with zero attached hydrogens (tertiary/aromatic N) is 3. The second-order valence-electron chi connectivity index (χ2n) is 10.1. The van der Waals surface area contributed by atoms with Crippen LogP contribution in [0, 0.1) is 19.8 Å². The summed E-state index contributed by atoms with van der Waals surface area (Å²) in [7, 11) is 0. The fraction of sp³-hybridized carbons (Fsp3) is 0.500. The molecule has 1 fully saturated rings. The molecule has 2 unspecified atom stereocenters. The van der Waals surface area contributed by atoms with Gasteiger partial charge in [0.15, 0.2) is 0 Å². The van der Waals surface area contributed by atoms with Gasteiger partial charge >= 0.3 is 0 Å². The molecule has 0 aliphatic carbocycles. The lowest BCUT2D eigenvalue weighted by molar-refractivity contribution is -0.133. The fourth-order valence-corrected chi connectivity index (χ4v) is 5.14. The number of aryl methyl sites for hydroxylation is 2. The number of carbonyl (C=O) groups is 2. The molecule has 10 heteroatoms. The maximum absolute atomic E-state index is 12.5. The highest BCUT2D eigenvalue weighted by Gasteiger charge is 2.34. The summed E-state index contributed by atoms with van der Waals surface area (Å²) >= 11 is 1.62. The van der Waals surface area contributed by atoms with E-state index in [2.05, 4.69) is 15.5 Å². The van der Waals surface area contributed by atoms with E-state index < -0.39 is 6.10 Å². The van der Waals surface area contributed by atoms with Gasteiger partial charge in [0.2, 0.25) is 12.3 Å². The van der Waals surface area contributed by atoms with E-state index in [4.69, 9.17) is 9.26 Å². The van der Waals surface area contributed by atoms with Crippen LogP contribution < -0.4 is 10.1 Å². The molecule has 1 saturated heterocycles. The molecule has 2 aromatic heterocycles. The summed E-state index contributed by atoms with van der Waals surface area (Å²) in [5.41, 5.74) is 5.71. The molecular formula is C28H38N4O5S. The Balaban J connectivity index is 0.000000212. The third kappa shape index (κ3) is 7.64. The van der Waals surface area contributed by atoms with Crippen molar-refractivity contribution in [1.29, 1.82) is 0 Å². The van der Waals surface area contributed by atoms with Crippen molar-refractivity contribution in [3.8, 4) is 16.2 Å². The standard InChI is InChI=1S/C15H18N2O2S.C13H20N2O3/c1-10(2)19-14-6-12(15-11(3)17-9-20-15)4-5-13(14)7-16-8-18;1-8(2)12(11-6-9(3)14-18-11)13(17)15-5-4-10(16)7-15/h4-6,8-10H,7H2,1-3H3,(H,16,18);6,8,10,12,16H,4-5,7H2,1-3H3. The van der Waals surface area contributed by atoms with Crippen LogP contribution in [-0.2, 0) is 16.1 Å². The van der Waals surface area contributed by atoms with Crippen LogP contribution in [0.3, 0.4) is 0 Å². The van der Waals surface area contributed by atoms with E-state index in [9.17, 15) is 14.7 Å². The Morgan fingerprint density at radius 2 is 2.05 bits per heavy atom. The van der Waals surface area contributed by atoms with Crippen LogP contribution in [0.4, 0.5) is 0 Å². The third-order valence-corrected chi connectivity index (χ3v) is 7.15. The molecule has 2 N–H and O–H groups in total. The van der Waals surface area contributed by atoms with Crippen LogP contribution in [0.1, 0.15) is 62.7 Å². The molecule has 2 amide bonds. The van der Waals surface area contributed by atoms with Gasteiger partial charge in [-0.1, -0.05) is 31.1 Å². The number of aliphatic hydroxyl groups is 1. The first-order valence-electron chi connectivity index (χ1n) is 12.9. The van der Waals surface area contributed by atoms with Gasteiger partial charge in [0.25, 0.3) is 0 Å². The second kappa shape index (κ2) is 13.5. The summed E-state index contributed by atoms with van der Waals surface area (Å²) < 4.78 is 11.1. The number of hydrogen-bond donors (Lipinski definition) is 2. The van der Waals surface area contributed by atoms with Gasteiger partial charge in [0.1, 0.15) is 17.4 Å². The first kappa shape index (κ1) is 29.3. The molecule has 1 aliphatic heterocycles. The number of rotatable bonds is 9. The first-order chi connectivity index (χ1) is 18.1. The van der Waals surface area contributed by atoms with Crippen molar-refractivity contribution >= 4 is 23.7 Å². The minimum atomic E-state index is -0.391. The zero-order valence-electron chi connectivity index (χ0n) is 22.9. The summed E-state index contributed by atoms with van der Waals surface area (Å²) in [6, 6.07) is 7.86. The normalized spacial score (nSPS) is 15.8. The predicted molar refractivity (Wildman–Crippen MR) is 147 cm³/mol. The Morgan fingerprint density at radius 3 is 2.58 bits per heavy atom. The van der Waals surface area contributed by atoms with Crippen LogP contribution >= 0.6 is 11.3 Å². The smallest absolute Gasteiger partial charge is 0.233 e. The van der Waals surface area contributed by atoms with Crippen LogP contribution in [-0.4, -0.2) is 57.8 Å². The summed E-state index contributed by atoms with van der Waals surface area (Å²) in [4.78, 5) is 30.1. The maximum atomic E-state index is 12.5. The number of hydrogen-bond acceptors (Lipinski definition) is 8. The number of likely N-dealkylation sites (tertiary alicyclic amines) is 1. The molecule has 1 aromatic carbocycles. The molecule has 0 saturated carbocycles. The van der Waals surface area contributed by atoms with Crippen LogP contribution in [0.2, 0.25) is 0 Å². The molecule has 0 radical (unpaired) electrons. The predicted octanol–water partition coefficient (Wildman–Crippen LogP) is 4.47. The molecular weight excluding hydrogens is 504 g/mol. The average molecular weight is 543 g/mol. The van der Waals surface area contributed by atoms with E-state index in [1.807, 2.05) is 71.3 Å². The molecule has 4 rings (SSSR count). The zero-order valence-corrected chi connectivity index (χ0v) is 23.7. The Morgan fingerprint density at radius 1 is 1.29 bits per heavy atom.